The molecule has 0 saturated heterocycles. The van der Waals surface area contributed by atoms with Gasteiger partial charge in [0.15, 0.2) is 6.61 Å². The predicted molar refractivity (Wildman–Crippen MR) is 50.5 cm³/mol. The molecule has 0 aliphatic rings. The van der Waals surface area contributed by atoms with Gasteiger partial charge >= 0.3 is 0 Å². The second kappa shape index (κ2) is 4.86. The molecule has 0 saturated carbocycles. The van der Waals surface area contributed by atoms with Gasteiger partial charge in [0.25, 0.3) is 5.91 Å². The summed E-state index contributed by atoms with van der Waals surface area (Å²) in [5.74, 6) is 0.0184. The lowest BCUT2D eigenvalue weighted by Gasteiger charge is -2.02. The Bertz CT molecular complexity index is 332. The highest BCUT2D eigenvalue weighted by Gasteiger charge is 1.96. The maximum Gasteiger partial charge on any atom is 0.255 e. The first-order valence-corrected chi connectivity index (χ1v) is 3.91. The van der Waals surface area contributed by atoms with E-state index in [-0.39, 0.29) is 6.61 Å². The molecule has 0 fully saturated rings. The summed E-state index contributed by atoms with van der Waals surface area (Å²) in [4.78, 5) is 10.4. The Balaban J connectivity index is 2.59. The average Bonchev–Trinajstić information content (AvgIpc) is 2.17. The number of benzene rings is 1. The fourth-order valence-electron chi connectivity index (χ4n) is 0.871. The second-order valence-corrected chi connectivity index (χ2v) is 2.57. The molecule has 1 aromatic carbocycles. The smallest absolute Gasteiger partial charge is 0.255 e. The van der Waals surface area contributed by atoms with Crippen molar-refractivity contribution in [3.05, 3.63) is 29.8 Å². The van der Waals surface area contributed by atoms with Crippen LogP contribution in [-0.4, -0.2) is 23.9 Å². The third-order valence-electron chi connectivity index (χ3n) is 1.47. The number of ether oxygens (including phenoxy) is 1. The summed E-state index contributed by atoms with van der Waals surface area (Å²) in [5.41, 5.74) is 5.63. The minimum absolute atomic E-state index is 0.145. The Labute approximate surface area is 80.8 Å². The second-order valence-electron chi connectivity index (χ2n) is 2.57. The van der Waals surface area contributed by atoms with Crippen molar-refractivity contribution in [2.75, 3.05) is 6.61 Å². The number of carbonyl (C=O) groups excluding carboxylic acids is 1. The summed E-state index contributed by atoms with van der Waals surface area (Å²) in [5, 5.41) is 11.1. The summed E-state index contributed by atoms with van der Waals surface area (Å²) in [6.45, 7) is -0.145. The third kappa shape index (κ3) is 3.14. The van der Waals surface area contributed by atoms with Crippen LogP contribution in [-0.2, 0) is 4.79 Å². The van der Waals surface area contributed by atoms with Crippen LogP contribution >= 0.6 is 0 Å². The molecular formula is C9H10N2O3. The summed E-state index contributed by atoms with van der Waals surface area (Å²) in [6.07, 6.45) is 1.29. The van der Waals surface area contributed by atoms with Gasteiger partial charge in [0, 0.05) is 0 Å². The van der Waals surface area contributed by atoms with E-state index in [1.54, 1.807) is 24.3 Å². The molecule has 1 aromatic rings. The van der Waals surface area contributed by atoms with Gasteiger partial charge in [-0.15, -0.1) is 0 Å². The number of nitrogens with zero attached hydrogens (tertiary/aromatic N) is 1. The standard InChI is InChI=1S/C9H10N2O3/c10-9(12)6-14-8-3-1-7(2-4-8)5-11-13/h1-5,13H,6H2,(H2,10,12)/b11-5+. The summed E-state index contributed by atoms with van der Waals surface area (Å²) in [6, 6.07) is 6.69. The average molecular weight is 194 g/mol. The molecule has 0 aliphatic heterocycles. The maximum atomic E-state index is 10.4. The Hall–Kier alpha value is -2.04. The van der Waals surface area contributed by atoms with Crippen molar-refractivity contribution in [1.29, 1.82) is 0 Å². The van der Waals surface area contributed by atoms with Crippen molar-refractivity contribution < 1.29 is 14.7 Å². The first-order valence-electron chi connectivity index (χ1n) is 3.91. The van der Waals surface area contributed by atoms with E-state index in [1.807, 2.05) is 0 Å². The Morgan fingerprint density at radius 2 is 2.14 bits per heavy atom. The van der Waals surface area contributed by atoms with Crippen LogP contribution in [0.1, 0.15) is 5.56 Å². The Morgan fingerprint density at radius 3 is 2.64 bits per heavy atom. The van der Waals surface area contributed by atoms with Crippen LogP contribution in [0, 0.1) is 0 Å². The van der Waals surface area contributed by atoms with E-state index in [0.717, 1.165) is 5.56 Å². The normalized spacial score (nSPS) is 10.3. The van der Waals surface area contributed by atoms with Crippen molar-refractivity contribution in [3.8, 4) is 5.75 Å². The number of amides is 1. The topological polar surface area (TPSA) is 84.9 Å². The molecule has 0 spiro atoms. The highest BCUT2D eigenvalue weighted by molar-refractivity contribution is 5.79. The van der Waals surface area contributed by atoms with E-state index >= 15 is 0 Å². The fraction of sp³-hybridized carbons (Fsp3) is 0.111. The van der Waals surface area contributed by atoms with E-state index in [4.69, 9.17) is 15.7 Å². The summed E-state index contributed by atoms with van der Waals surface area (Å²) < 4.78 is 5.02. The van der Waals surface area contributed by atoms with Crippen LogP contribution in [0.25, 0.3) is 0 Å². The Kier molecular flexibility index (Phi) is 3.49. The van der Waals surface area contributed by atoms with E-state index in [0.29, 0.717) is 5.75 Å². The Morgan fingerprint density at radius 1 is 1.50 bits per heavy atom. The van der Waals surface area contributed by atoms with Crippen molar-refractivity contribution in [2.45, 2.75) is 0 Å². The number of rotatable bonds is 4. The molecule has 0 aromatic heterocycles. The van der Waals surface area contributed by atoms with Gasteiger partial charge < -0.3 is 15.7 Å². The van der Waals surface area contributed by atoms with Gasteiger partial charge in [-0.2, -0.15) is 0 Å². The molecule has 5 nitrogen and oxygen atoms in total. The van der Waals surface area contributed by atoms with Crippen LogP contribution in [0.3, 0.4) is 0 Å². The number of primary amides is 1. The van der Waals surface area contributed by atoms with Crippen LogP contribution in [0.5, 0.6) is 5.75 Å². The largest absolute Gasteiger partial charge is 0.484 e. The molecule has 0 atom stereocenters. The zero-order valence-electron chi connectivity index (χ0n) is 7.38. The van der Waals surface area contributed by atoms with E-state index in [2.05, 4.69) is 5.16 Å². The minimum atomic E-state index is -0.522. The van der Waals surface area contributed by atoms with Crippen molar-refractivity contribution in [2.24, 2.45) is 10.9 Å². The summed E-state index contributed by atoms with van der Waals surface area (Å²) >= 11 is 0. The number of carbonyl (C=O) groups is 1. The van der Waals surface area contributed by atoms with Crippen LogP contribution in [0.15, 0.2) is 29.4 Å². The molecule has 0 aliphatic carbocycles. The zero-order valence-corrected chi connectivity index (χ0v) is 7.38. The molecule has 74 valence electrons. The van der Waals surface area contributed by atoms with E-state index in [9.17, 15) is 4.79 Å². The van der Waals surface area contributed by atoms with Crippen LogP contribution in [0.4, 0.5) is 0 Å². The van der Waals surface area contributed by atoms with Gasteiger partial charge in [-0.3, -0.25) is 4.79 Å². The molecule has 14 heavy (non-hydrogen) atoms. The first kappa shape index (κ1) is 10.0. The monoisotopic (exact) mass is 194 g/mol. The lowest BCUT2D eigenvalue weighted by atomic mass is 10.2. The van der Waals surface area contributed by atoms with Gasteiger partial charge in [0.05, 0.1) is 6.21 Å². The summed E-state index contributed by atoms with van der Waals surface area (Å²) in [7, 11) is 0. The van der Waals surface area contributed by atoms with Crippen molar-refractivity contribution >= 4 is 12.1 Å². The number of hydrogen-bond donors (Lipinski definition) is 2. The van der Waals surface area contributed by atoms with Gasteiger partial charge in [-0.1, -0.05) is 5.16 Å². The number of nitrogens with two attached hydrogens (primary N) is 1. The van der Waals surface area contributed by atoms with Crippen molar-refractivity contribution in [1.82, 2.24) is 0 Å². The molecule has 0 heterocycles. The molecule has 1 rings (SSSR count). The SMILES string of the molecule is NC(=O)COc1ccc(/C=N/O)cc1. The number of oxime groups is 1. The van der Waals surface area contributed by atoms with Gasteiger partial charge in [-0.05, 0) is 29.8 Å². The van der Waals surface area contributed by atoms with Crippen LogP contribution in [0.2, 0.25) is 0 Å². The van der Waals surface area contributed by atoms with E-state index < -0.39 is 5.91 Å². The molecule has 1 amide bonds. The highest BCUT2D eigenvalue weighted by Crippen LogP contribution is 2.10. The van der Waals surface area contributed by atoms with Crippen molar-refractivity contribution in [3.63, 3.8) is 0 Å². The van der Waals surface area contributed by atoms with E-state index in [1.165, 1.54) is 6.21 Å². The minimum Gasteiger partial charge on any atom is -0.484 e. The number of hydrogen-bond acceptors (Lipinski definition) is 4. The molecular weight excluding hydrogens is 184 g/mol. The predicted octanol–water partition coefficient (Wildman–Crippen LogP) is 0.359. The molecule has 3 N–H and O–H groups in total. The third-order valence-corrected chi connectivity index (χ3v) is 1.47. The highest BCUT2D eigenvalue weighted by atomic mass is 16.5. The maximum absolute atomic E-state index is 10.4. The fourth-order valence-corrected chi connectivity index (χ4v) is 0.871. The molecule has 0 unspecified atom stereocenters. The van der Waals surface area contributed by atoms with Gasteiger partial charge in [0.1, 0.15) is 5.75 Å². The molecule has 5 heteroatoms. The zero-order chi connectivity index (χ0) is 10.4. The van der Waals surface area contributed by atoms with Gasteiger partial charge in [0.2, 0.25) is 0 Å². The first-order chi connectivity index (χ1) is 6.72. The lowest BCUT2D eigenvalue weighted by Crippen LogP contribution is -2.19. The quantitative estimate of drug-likeness (QED) is 0.412. The lowest BCUT2D eigenvalue weighted by molar-refractivity contribution is -0.119. The van der Waals surface area contributed by atoms with Crippen LogP contribution < -0.4 is 10.5 Å². The molecule has 0 bridgehead atoms. The molecule has 0 radical (unpaired) electrons. The van der Waals surface area contributed by atoms with Gasteiger partial charge in [-0.25, -0.2) is 0 Å².